The number of pyridine rings is 1. The van der Waals surface area contributed by atoms with E-state index in [1.54, 1.807) is 18.2 Å². The van der Waals surface area contributed by atoms with Gasteiger partial charge in [-0.3, -0.25) is 4.98 Å². The summed E-state index contributed by atoms with van der Waals surface area (Å²) in [5, 5.41) is 0. The van der Waals surface area contributed by atoms with Crippen LogP contribution in [0.3, 0.4) is 0 Å². The summed E-state index contributed by atoms with van der Waals surface area (Å²) in [6, 6.07) is 8.85. The third kappa shape index (κ3) is 4.71. The van der Waals surface area contributed by atoms with Gasteiger partial charge in [0.1, 0.15) is 0 Å². The number of rotatable bonds is 6. The Labute approximate surface area is 164 Å². The third-order valence-electron chi connectivity index (χ3n) is 3.76. The van der Waals surface area contributed by atoms with Gasteiger partial charge in [0.05, 0.1) is 11.0 Å². The smallest absolute Gasteiger partial charge is 0.429 e. The molecule has 12 heteroatoms. The van der Waals surface area contributed by atoms with Crippen LogP contribution in [0.25, 0.3) is 11.0 Å². The number of benzene rings is 1. The maximum atomic E-state index is 13.7. The fourth-order valence-electron chi connectivity index (χ4n) is 2.31. The Morgan fingerprint density at radius 3 is 2.28 bits per heavy atom. The highest BCUT2D eigenvalue weighted by Gasteiger charge is 2.44. The average Bonchev–Trinajstić information content (AvgIpc) is 2.65. The Morgan fingerprint density at radius 1 is 1.07 bits per heavy atom. The third-order valence-corrected chi connectivity index (χ3v) is 5.17. The minimum Gasteiger partial charge on any atom is -0.457 e. The lowest BCUT2D eigenvalue weighted by molar-refractivity contribution is -0.198. The molecule has 0 aliphatic rings. The molecule has 0 saturated heterocycles. The average molecular weight is 427 g/mol. The van der Waals surface area contributed by atoms with Crippen LogP contribution in [0, 0.1) is 0 Å². The number of nitrogens with one attached hydrogen (secondary N) is 1. The zero-order valence-electron chi connectivity index (χ0n) is 15.3. The molecular formula is C17H16F3N5O3S. The van der Waals surface area contributed by atoms with Crippen LogP contribution in [0.5, 0.6) is 5.88 Å². The van der Waals surface area contributed by atoms with Crippen molar-refractivity contribution in [3.8, 4) is 5.88 Å². The van der Waals surface area contributed by atoms with Gasteiger partial charge in [-0.2, -0.15) is 25.9 Å². The monoisotopic (exact) mass is 427 g/mol. The number of para-hydroxylation sites is 2. The summed E-state index contributed by atoms with van der Waals surface area (Å²) in [7, 11) is -1.56. The van der Waals surface area contributed by atoms with E-state index in [1.807, 2.05) is 0 Å². The molecule has 1 atom stereocenters. The number of hydrogen-bond donors (Lipinski definition) is 1. The first-order valence-corrected chi connectivity index (χ1v) is 9.62. The molecule has 0 bridgehead atoms. The fraction of sp³-hybridized carbons (Fsp3) is 0.235. The largest absolute Gasteiger partial charge is 0.457 e. The first-order valence-electron chi connectivity index (χ1n) is 8.18. The van der Waals surface area contributed by atoms with Gasteiger partial charge < -0.3 is 4.74 Å². The molecule has 154 valence electrons. The quantitative estimate of drug-likeness (QED) is 0.650. The first kappa shape index (κ1) is 20.7. The van der Waals surface area contributed by atoms with Crippen molar-refractivity contribution in [1.82, 2.24) is 19.3 Å². The predicted molar refractivity (Wildman–Crippen MR) is 99.4 cm³/mol. The SMILES string of the molecule is CN(C)S(=O)(=O)Nc1nc2ccccc2nc1OC(c1cccnc1)C(F)(F)F. The minimum absolute atomic E-state index is 0.238. The van der Waals surface area contributed by atoms with E-state index in [1.165, 1.54) is 38.5 Å². The number of ether oxygens (including phenoxy) is 1. The Morgan fingerprint density at radius 2 is 1.72 bits per heavy atom. The molecular weight excluding hydrogens is 411 g/mol. The van der Waals surface area contributed by atoms with Gasteiger partial charge in [0.2, 0.25) is 11.9 Å². The summed E-state index contributed by atoms with van der Waals surface area (Å²) in [4.78, 5) is 11.8. The summed E-state index contributed by atoms with van der Waals surface area (Å²) >= 11 is 0. The number of alkyl halides is 3. The van der Waals surface area contributed by atoms with E-state index in [0.29, 0.717) is 0 Å². The second-order valence-electron chi connectivity index (χ2n) is 6.08. The molecule has 0 amide bonds. The van der Waals surface area contributed by atoms with Crippen LogP contribution in [0.2, 0.25) is 0 Å². The number of hydrogen-bond acceptors (Lipinski definition) is 6. The molecule has 3 rings (SSSR count). The minimum atomic E-state index is -4.81. The molecule has 29 heavy (non-hydrogen) atoms. The van der Waals surface area contributed by atoms with E-state index in [4.69, 9.17) is 4.74 Å². The van der Waals surface area contributed by atoms with Gasteiger partial charge >= 0.3 is 16.4 Å². The van der Waals surface area contributed by atoms with Crippen LogP contribution < -0.4 is 9.46 Å². The molecule has 1 unspecified atom stereocenters. The van der Waals surface area contributed by atoms with Crippen LogP contribution in [0.1, 0.15) is 11.7 Å². The maximum Gasteiger partial charge on any atom is 0.429 e. The van der Waals surface area contributed by atoms with Crippen LogP contribution in [0.4, 0.5) is 19.0 Å². The summed E-state index contributed by atoms with van der Waals surface area (Å²) in [6.45, 7) is 0. The molecule has 0 radical (unpaired) electrons. The summed E-state index contributed by atoms with van der Waals surface area (Å²) in [5.74, 6) is -1.07. The lowest BCUT2D eigenvalue weighted by atomic mass is 10.1. The van der Waals surface area contributed by atoms with Gasteiger partial charge in [-0.1, -0.05) is 18.2 Å². The summed E-state index contributed by atoms with van der Waals surface area (Å²) < 4.78 is 73.5. The lowest BCUT2D eigenvalue weighted by Crippen LogP contribution is -2.31. The van der Waals surface area contributed by atoms with Crippen LogP contribution in [0.15, 0.2) is 48.8 Å². The maximum absolute atomic E-state index is 13.7. The molecule has 8 nitrogen and oxygen atoms in total. The molecule has 1 N–H and O–H groups in total. The summed E-state index contributed by atoms with van der Waals surface area (Å²) in [5.41, 5.74) is 0.250. The predicted octanol–water partition coefficient (Wildman–Crippen LogP) is 2.93. The Balaban J connectivity index is 2.12. The van der Waals surface area contributed by atoms with E-state index in [-0.39, 0.29) is 16.6 Å². The molecule has 0 aliphatic carbocycles. The Kier molecular flexibility index (Phi) is 5.57. The number of halogens is 3. The van der Waals surface area contributed by atoms with Crippen molar-refractivity contribution in [1.29, 1.82) is 0 Å². The highest BCUT2D eigenvalue weighted by molar-refractivity contribution is 7.90. The number of nitrogens with zero attached hydrogens (tertiary/aromatic N) is 4. The van der Waals surface area contributed by atoms with Gasteiger partial charge in [-0.25, -0.2) is 14.7 Å². The van der Waals surface area contributed by atoms with Crippen molar-refractivity contribution >= 4 is 27.1 Å². The zero-order valence-corrected chi connectivity index (χ0v) is 16.1. The number of fused-ring (bicyclic) bond motifs is 1. The fourth-order valence-corrected chi connectivity index (χ4v) is 2.87. The first-order chi connectivity index (χ1) is 13.6. The molecule has 0 spiro atoms. The molecule has 0 fully saturated rings. The van der Waals surface area contributed by atoms with E-state index in [2.05, 4.69) is 19.7 Å². The van der Waals surface area contributed by atoms with Gasteiger partial charge in [-0.15, -0.1) is 0 Å². The topological polar surface area (TPSA) is 97.3 Å². The van der Waals surface area contributed by atoms with Gasteiger partial charge in [0, 0.05) is 32.1 Å². The van der Waals surface area contributed by atoms with Crippen LogP contribution in [-0.2, 0) is 10.2 Å². The zero-order chi connectivity index (χ0) is 21.2. The van der Waals surface area contributed by atoms with Crippen molar-refractivity contribution in [2.75, 3.05) is 18.8 Å². The molecule has 3 aromatic rings. The highest BCUT2D eigenvalue weighted by atomic mass is 32.2. The van der Waals surface area contributed by atoms with E-state index >= 15 is 0 Å². The van der Waals surface area contributed by atoms with Crippen LogP contribution in [-0.4, -0.2) is 47.9 Å². The van der Waals surface area contributed by atoms with Crippen molar-refractivity contribution < 1.29 is 26.3 Å². The van der Waals surface area contributed by atoms with Crippen LogP contribution >= 0.6 is 0 Å². The molecule has 2 aromatic heterocycles. The Hall–Kier alpha value is -2.99. The van der Waals surface area contributed by atoms with Crippen molar-refractivity contribution in [3.05, 3.63) is 54.4 Å². The van der Waals surface area contributed by atoms with Gasteiger partial charge in [-0.05, 0) is 18.2 Å². The van der Waals surface area contributed by atoms with E-state index < -0.39 is 34.2 Å². The number of aromatic nitrogens is 3. The highest BCUT2D eigenvalue weighted by Crippen LogP contribution is 2.38. The standard InChI is InChI=1S/C17H16F3N5O3S/c1-25(2)29(26,27)24-15-16(23-13-8-4-3-7-12(13)22-15)28-14(17(18,19)20)11-6-5-9-21-10-11/h3-10,14H,1-2H3,(H,22,24). The molecule has 0 aliphatic heterocycles. The van der Waals surface area contributed by atoms with E-state index in [9.17, 15) is 21.6 Å². The van der Waals surface area contributed by atoms with Gasteiger partial charge in [0.25, 0.3) is 5.88 Å². The molecule has 0 saturated carbocycles. The van der Waals surface area contributed by atoms with Crippen molar-refractivity contribution in [3.63, 3.8) is 0 Å². The lowest BCUT2D eigenvalue weighted by Gasteiger charge is -2.23. The molecule has 2 heterocycles. The van der Waals surface area contributed by atoms with Crippen molar-refractivity contribution in [2.24, 2.45) is 0 Å². The summed E-state index contributed by atoms with van der Waals surface area (Å²) in [6.07, 6.45) is -4.90. The second kappa shape index (κ2) is 7.79. The van der Waals surface area contributed by atoms with Gasteiger partial charge in [0.15, 0.2) is 0 Å². The number of anilines is 1. The van der Waals surface area contributed by atoms with Crippen molar-refractivity contribution in [2.45, 2.75) is 12.3 Å². The Bertz CT molecular complexity index is 1110. The molecule has 1 aromatic carbocycles. The van der Waals surface area contributed by atoms with E-state index in [0.717, 1.165) is 10.5 Å². The second-order valence-corrected chi connectivity index (χ2v) is 7.97. The normalized spacial score (nSPS) is 13.4.